The molecule has 3 nitrogen and oxygen atoms in total. The zero-order valence-electron chi connectivity index (χ0n) is 6.69. The van der Waals surface area contributed by atoms with Crippen LogP contribution in [-0.4, -0.2) is 24.4 Å². The maximum absolute atomic E-state index is 10.4. The van der Waals surface area contributed by atoms with Crippen molar-refractivity contribution in [3.05, 3.63) is 11.2 Å². The highest BCUT2D eigenvalue weighted by Gasteiger charge is 2.14. The molecule has 0 radical (unpaired) electrons. The first-order valence-corrected chi connectivity index (χ1v) is 4.88. The van der Waals surface area contributed by atoms with E-state index in [1.54, 1.807) is 6.20 Å². The van der Waals surface area contributed by atoms with E-state index in [4.69, 9.17) is 0 Å². The van der Waals surface area contributed by atoms with Crippen molar-refractivity contribution in [1.29, 1.82) is 0 Å². The molecule has 0 N–H and O–H groups in total. The average Bonchev–Trinajstić information content (AvgIpc) is 2.75. The summed E-state index contributed by atoms with van der Waals surface area (Å²) in [7, 11) is 0. The van der Waals surface area contributed by atoms with Gasteiger partial charge in [-0.25, -0.2) is 4.98 Å². The maximum atomic E-state index is 10.4. The lowest BCUT2D eigenvalue weighted by Gasteiger charge is -2.12. The zero-order chi connectivity index (χ0) is 8.39. The lowest BCUT2D eigenvalue weighted by Crippen LogP contribution is -2.15. The summed E-state index contributed by atoms with van der Waals surface area (Å²) in [5.41, 5.74) is 0. The van der Waals surface area contributed by atoms with Crippen LogP contribution >= 0.6 is 11.3 Å². The van der Waals surface area contributed by atoms with Crippen LogP contribution in [0.5, 0.6) is 0 Å². The molecule has 4 heteroatoms. The number of rotatable bonds is 2. The predicted octanol–water partition coefficient (Wildman–Crippen LogP) is 1.56. The second-order valence-electron chi connectivity index (χ2n) is 2.85. The second-order valence-corrected chi connectivity index (χ2v) is 3.89. The molecular formula is C8H10N2OS. The predicted molar refractivity (Wildman–Crippen MR) is 48.9 cm³/mol. The van der Waals surface area contributed by atoms with E-state index in [1.807, 2.05) is 0 Å². The molecule has 1 fully saturated rings. The molecule has 64 valence electrons. The fourth-order valence-electron chi connectivity index (χ4n) is 1.42. The Morgan fingerprint density at radius 2 is 2.25 bits per heavy atom. The Morgan fingerprint density at radius 1 is 1.50 bits per heavy atom. The molecule has 0 aromatic carbocycles. The summed E-state index contributed by atoms with van der Waals surface area (Å²) in [4.78, 5) is 16.6. The highest BCUT2D eigenvalue weighted by atomic mass is 32.1. The minimum absolute atomic E-state index is 0.580. The van der Waals surface area contributed by atoms with Gasteiger partial charge in [-0.3, -0.25) is 4.79 Å². The van der Waals surface area contributed by atoms with Gasteiger partial charge in [0.05, 0.1) is 6.20 Å². The summed E-state index contributed by atoms with van der Waals surface area (Å²) in [5, 5.41) is 1.71. The highest BCUT2D eigenvalue weighted by Crippen LogP contribution is 2.25. The van der Waals surface area contributed by atoms with Gasteiger partial charge >= 0.3 is 0 Å². The van der Waals surface area contributed by atoms with Crippen LogP contribution in [0.3, 0.4) is 0 Å². The van der Waals surface area contributed by atoms with Gasteiger partial charge in [0.25, 0.3) is 0 Å². The smallest absolute Gasteiger partial charge is 0.178 e. The number of anilines is 1. The van der Waals surface area contributed by atoms with Crippen molar-refractivity contribution in [3.63, 3.8) is 0 Å². The number of hydrogen-bond acceptors (Lipinski definition) is 4. The number of carbonyl (C=O) groups excluding carboxylic acids is 1. The Morgan fingerprint density at radius 3 is 2.83 bits per heavy atom. The van der Waals surface area contributed by atoms with Crippen LogP contribution in [0.1, 0.15) is 22.6 Å². The molecule has 1 aromatic rings. The van der Waals surface area contributed by atoms with Crippen LogP contribution < -0.4 is 4.90 Å². The van der Waals surface area contributed by atoms with Crippen molar-refractivity contribution in [1.82, 2.24) is 4.98 Å². The molecule has 1 aliphatic rings. The van der Waals surface area contributed by atoms with Crippen molar-refractivity contribution >= 4 is 22.6 Å². The fourth-order valence-corrected chi connectivity index (χ4v) is 2.20. The first-order valence-electron chi connectivity index (χ1n) is 4.06. The largest absolute Gasteiger partial charge is 0.362 e. The fraction of sp³-hybridized carbons (Fsp3) is 0.500. The number of nitrogens with zero attached hydrogens (tertiary/aromatic N) is 2. The summed E-state index contributed by atoms with van der Waals surface area (Å²) in [5.74, 6) is 0. The van der Waals surface area contributed by atoms with E-state index in [2.05, 4.69) is 9.88 Å². The SMILES string of the molecule is O=Cc1ncc(N2CCCC2)s1. The van der Waals surface area contributed by atoms with Crippen LogP contribution in [0.15, 0.2) is 6.20 Å². The van der Waals surface area contributed by atoms with E-state index in [-0.39, 0.29) is 0 Å². The third-order valence-electron chi connectivity index (χ3n) is 2.03. The van der Waals surface area contributed by atoms with Crippen molar-refractivity contribution < 1.29 is 4.79 Å². The molecule has 2 heterocycles. The molecule has 2 rings (SSSR count). The third-order valence-corrected chi connectivity index (χ3v) is 3.01. The molecule has 0 spiro atoms. The number of hydrogen-bond donors (Lipinski definition) is 0. The van der Waals surface area contributed by atoms with E-state index < -0.39 is 0 Å². The minimum atomic E-state index is 0.580. The first kappa shape index (κ1) is 7.73. The lowest BCUT2D eigenvalue weighted by molar-refractivity contribution is 0.112. The second kappa shape index (κ2) is 3.23. The molecular weight excluding hydrogens is 172 g/mol. The van der Waals surface area contributed by atoms with Gasteiger partial charge in [0.15, 0.2) is 11.3 Å². The first-order chi connectivity index (χ1) is 5.90. The summed E-state index contributed by atoms with van der Waals surface area (Å²) < 4.78 is 0. The van der Waals surface area contributed by atoms with Gasteiger partial charge in [-0.15, -0.1) is 0 Å². The molecule has 1 aliphatic heterocycles. The van der Waals surface area contributed by atoms with Gasteiger partial charge in [0.2, 0.25) is 0 Å². The Bertz CT molecular complexity index is 278. The van der Waals surface area contributed by atoms with E-state index in [0.29, 0.717) is 5.01 Å². The molecule has 1 saturated heterocycles. The van der Waals surface area contributed by atoms with E-state index in [9.17, 15) is 4.79 Å². The zero-order valence-corrected chi connectivity index (χ0v) is 7.51. The molecule has 0 amide bonds. The minimum Gasteiger partial charge on any atom is -0.362 e. The molecule has 1 aromatic heterocycles. The topological polar surface area (TPSA) is 33.2 Å². The average molecular weight is 182 g/mol. The van der Waals surface area contributed by atoms with Gasteiger partial charge in [-0.05, 0) is 12.8 Å². The highest BCUT2D eigenvalue weighted by molar-refractivity contribution is 7.17. The van der Waals surface area contributed by atoms with Crippen LogP contribution in [0.4, 0.5) is 5.00 Å². The number of carbonyl (C=O) groups is 1. The number of aromatic nitrogens is 1. The Labute approximate surface area is 75.0 Å². The summed E-state index contributed by atoms with van der Waals surface area (Å²) in [6.45, 7) is 2.22. The van der Waals surface area contributed by atoms with Gasteiger partial charge in [-0.2, -0.15) is 0 Å². The van der Waals surface area contributed by atoms with E-state index in [0.717, 1.165) is 24.4 Å². The monoisotopic (exact) mass is 182 g/mol. The summed E-state index contributed by atoms with van der Waals surface area (Å²) in [6, 6.07) is 0. The normalized spacial score (nSPS) is 16.8. The van der Waals surface area contributed by atoms with Crippen LogP contribution in [0.25, 0.3) is 0 Å². The van der Waals surface area contributed by atoms with Crippen LogP contribution in [0.2, 0.25) is 0 Å². The van der Waals surface area contributed by atoms with Crippen molar-refractivity contribution in [3.8, 4) is 0 Å². The van der Waals surface area contributed by atoms with Crippen LogP contribution in [0, 0.1) is 0 Å². The van der Waals surface area contributed by atoms with Crippen molar-refractivity contribution in [2.24, 2.45) is 0 Å². The van der Waals surface area contributed by atoms with Crippen molar-refractivity contribution in [2.45, 2.75) is 12.8 Å². The summed E-state index contributed by atoms with van der Waals surface area (Å²) >= 11 is 1.48. The standard InChI is InChI=1S/C8H10N2OS/c11-6-7-9-5-8(12-7)10-3-1-2-4-10/h5-6H,1-4H2. The summed E-state index contributed by atoms with van der Waals surface area (Å²) in [6.07, 6.45) is 5.12. The Kier molecular flexibility index (Phi) is 2.08. The molecule has 0 aliphatic carbocycles. The quantitative estimate of drug-likeness (QED) is 0.651. The van der Waals surface area contributed by atoms with E-state index in [1.165, 1.54) is 24.2 Å². The van der Waals surface area contributed by atoms with Gasteiger partial charge in [0.1, 0.15) is 5.00 Å². The molecule has 0 bridgehead atoms. The molecule has 0 unspecified atom stereocenters. The Balaban J connectivity index is 2.16. The number of aldehydes is 1. The molecule has 0 saturated carbocycles. The maximum Gasteiger partial charge on any atom is 0.178 e. The molecule has 0 atom stereocenters. The third kappa shape index (κ3) is 1.34. The molecule has 12 heavy (non-hydrogen) atoms. The van der Waals surface area contributed by atoms with E-state index >= 15 is 0 Å². The Hall–Kier alpha value is -0.900. The van der Waals surface area contributed by atoms with Gasteiger partial charge in [0, 0.05) is 13.1 Å². The van der Waals surface area contributed by atoms with Crippen molar-refractivity contribution in [2.75, 3.05) is 18.0 Å². The lowest BCUT2D eigenvalue weighted by atomic mass is 10.4. The number of thiazole rings is 1. The van der Waals surface area contributed by atoms with Gasteiger partial charge < -0.3 is 4.90 Å². The van der Waals surface area contributed by atoms with Crippen LogP contribution in [-0.2, 0) is 0 Å². The van der Waals surface area contributed by atoms with Gasteiger partial charge in [-0.1, -0.05) is 11.3 Å².